The summed E-state index contributed by atoms with van der Waals surface area (Å²) in [6, 6.07) is 0. The summed E-state index contributed by atoms with van der Waals surface area (Å²) in [5, 5.41) is 2.70. The molecule has 0 spiro atoms. The molecule has 0 bridgehead atoms. The van der Waals surface area contributed by atoms with Crippen LogP contribution in [0.4, 0.5) is 0 Å². The number of hydrogen-bond donors (Lipinski definition) is 1. The largest absolute Gasteiger partial charge is 0.459 e. The topological polar surface area (TPSA) is 121 Å². The summed E-state index contributed by atoms with van der Waals surface area (Å²) in [4.78, 5) is 58.7. The molecule has 1 amide bonds. The minimum atomic E-state index is -0.620. The SMILES string of the molecule is C#CCNC(=O)CN1CCN(CC(=O)OC(C)(C)C)CCN(CC(=O)OC(C)(C)C)CCN(CC(=O)OC(C)(C)C)CC1. The normalized spacial score (nSPS) is 17.6. The summed E-state index contributed by atoms with van der Waals surface area (Å²) in [7, 11) is 0. The highest BCUT2D eigenvalue weighted by molar-refractivity contribution is 5.78. The number of nitrogens with one attached hydrogen (secondary N) is 1. The van der Waals surface area contributed by atoms with Gasteiger partial charge in [-0.3, -0.25) is 38.8 Å². The molecule has 12 nitrogen and oxygen atoms in total. The number of amides is 1. The lowest BCUT2D eigenvalue weighted by Crippen LogP contribution is -2.50. The van der Waals surface area contributed by atoms with Crippen molar-refractivity contribution < 1.29 is 33.4 Å². The van der Waals surface area contributed by atoms with E-state index in [1.54, 1.807) is 0 Å². The number of hydrogen-bond acceptors (Lipinski definition) is 11. The molecule has 0 radical (unpaired) electrons. The lowest BCUT2D eigenvalue weighted by atomic mass is 10.2. The van der Waals surface area contributed by atoms with Gasteiger partial charge in [0.05, 0.1) is 32.7 Å². The van der Waals surface area contributed by atoms with Crippen LogP contribution in [0.1, 0.15) is 62.3 Å². The first-order valence-electron chi connectivity index (χ1n) is 15.0. The molecule has 1 heterocycles. The highest BCUT2D eigenvalue weighted by Crippen LogP contribution is 2.11. The number of ether oxygens (including phenoxy) is 3. The molecular formula is C31H55N5O7. The summed E-state index contributed by atoms with van der Waals surface area (Å²) in [6.45, 7) is 20.7. The summed E-state index contributed by atoms with van der Waals surface area (Å²) >= 11 is 0. The molecule has 1 saturated heterocycles. The molecular weight excluding hydrogens is 554 g/mol. The number of esters is 3. The summed E-state index contributed by atoms with van der Waals surface area (Å²) in [5.41, 5.74) is -1.86. The smallest absolute Gasteiger partial charge is 0.320 e. The van der Waals surface area contributed by atoms with Crippen LogP contribution in [0.15, 0.2) is 0 Å². The predicted molar refractivity (Wildman–Crippen MR) is 165 cm³/mol. The van der Waals surface area contributed by atoms with Gasteiger partial charge in [-0.15, -0.1) is 6.42 Å². The van der Waals surface area contributed by atoms with E-state index in [0.717, 1.165) is 0 Å². The van der Waals surface area contributed by atoms with Crippen LogP contribution in [0.2, 0.25) is 0 Å². The first-order valence-corrected chi connectivity index (χ1v) is 15.0. The van der Waals surface area contributed by atoms with E-state index in [-0.39, 0.29) is 56.5 Å². The molecule has 0 saturated carbocycles. The van der Waals surface area contributed by atoms with Gasteiger partial charge < -0.3 is 19.5 Å². The van der Waals surface area contributed by atoms with Crippen LogP contribution in [0.25, 0.3) is 0 Å². The van der Waals surface area contributed by atoms with Crippen LogP contribution in [-0.2, 0) is 33.4 Å². The molecule has 1 aliphatic rings. The molecule has 0 aromatic heterocycles. The average Bonchev–Trinajstić information content (AvgIpc) is 2.80. The monoisotopic (exact) mass is 609 g/mol. The third-order valence-corrected chi connectivity index (χ3v) is 6.00. The van der Waals surface area contributed by atoms with Gasteiger partial charge in [-0.25, -0.2) is 0 Å². The van der Waals surface area contributed by atoms with Crippen molar-refractivity contribution in [3.63, 3.8) is 0 Å². The molecule has 12 heteroatoms. The van der Waals surface area contributed by atoms with Crippen molar-refractivity contribution in [2.24, 2.45) is 0 Å². The molecule has 1 aliphatic heterocycles. The Bertz CT molecular complexity index is 914. The maximum Gasteiger partial charge on any atom is 0.320 e. The second-order valence-electron chi connectivity index (χ2n) is 13.8. The average molecular weight is 610 g/mol. The minimum absolute atomic E-state index is 0.0687. The van der Waals surface area contributed by atoms with Gasteiger partial charge >= 0.3 is 17.9 Å². The molecule has 0 unspecified atom stereocenters. The summed E-state index contributed by atoms with van der Waals surface area (Å²) < 4.78 is 16.7. The van der Waals surface area contributed by atoms with Gasteiger partial charge in [-0.1, -0.05) is 5.92 Å². The van der Waals surface area contributed by atoms with Crippen molar-refractivity contribution in [1.29, 1.82) is 0 Å². The number of carbonyl (C=O) groups is 4. The van der Waals surface area contributed by atoms with Crippen molar-refractivity contribution in [1.82, 2.24) is 24.9 Å². The van der Waals surface area contributed by atoms with Crippen LogP contribution in [-0.4, -0.2) is 145 Å². The Morgan fingerprint density at radius 1 is 0.558 bits per heavy atom. The zero-order valence-corrected chi connectivity index (χ0v) is 27.9. The Labute approximate surface area is 258 Å². The summed E-state index contributed by atoms with van der Waals surface area (Å²) in [6.07, 6.45) is 5.30. The van der Waals surface area contributed by atoms with Crippen LogP contribution in [0.5, 0.6) is 0 Å². The third kappa shape index (κ3) is 20.0. The lowest BCUT2D eigenvalue weighted by molar-refractivity contribution is -0.158. The molecule has 43 heavy (non-hydrogen) atoms. The van der Waals surface area contributed by atoms with Crippen LogP contribution < -0.4 is 5.32 Å². The van der Waals surface area contributed by atoms with Gasteiger partial charge in [0.2, 0.25) is 5.91 Å². The lowest BCUT2D eigenvalue weighted by Gasteiger charge is -2.34. The van der Waals surface area contributed by atoms with E-state index < -0.39 is 16.8 Å². The van der Waals surface area contributed by atoms with Crippen molar-refractivity contribution in [2.45, 2.75) is 79.1 Å². The van der Waals surface area contributed by atoms with Gasteiger partial charge in [0, 0.05) is 52.4 Å². The van der Waals surface area contributed by atoms with Crippen molar-refractivity contribution in [3.8, 4) is 12.3 Å². The fourth-order valence-electron chi connectivity index (χ4n) is 4.29. The van der Waals surface area contributed by atoms with E-state index in [4.69, 9.17) is 20.6 Å². The number of carbonyl (C=O) groups excluding carboxylic acids is 4. The maximum atomic E-state index is 12.8. The van der Waals surface area contributed by atoms with Gasteiger partial charge in [0.25, 0.3) is 0 Å². The van der Waals surface area contributed by atoms with E-state index in [1.165, 1.54) is 0 Å². The van der Waals surface area contributed by atoms with Gasteiger partial charge in [0.1, 0.15) is 16.8 Å². The Morgan fingerprint density at radius 3 is 1.05 bits per heavy atom. The Hall–Kier alpha value is -2.72. The number of terminal acetylenes is 1. The second-order valence-corrected chi connectivity index (χ2v) is 13.8. The van der Waals surface area contributed by atoms with Crippen LogP contribution in [0, 0.1) is 12.3 Å². The molecule has 0 aromatic carbocycles. The van der Waals surface area contributed by atoms with Gasteiger partial charge in [-0.2, -0.15) is 0 Å². The van der Waals surface area contributed by atoms with E-state index >= 15 is 0 Å². The molecule has 0 aliphatic carbocycles. The Morgan fingerprint density at radius 2 is 0.814 bits per heavy atom. The summed E-state index contributed by atoms with van der Waals surface area (Å²) in [5.74, 6) is 1.17. The number of nitrogens with zero attached hydrogens (tertiary/aromatic N) is 4. The highest BCUT2D eigenvalue weighted by Gasteiger charge is 2.25. The zero-order chi connectivity index (χ0) is 32.8. The molecule has 0 aromatic rings. The molecule has 1 rings (SSSR count). The van der Waals surface area contributed by atoms with E-state index in [2.05, 4.69) is 11.2 Å². The first-order chi connectivity index (χ1) is 19.7. The minimum Gasteiger partial charge on any atom is -0.459 e. The zero-order valence-electron chi connectivity index (χ0n) is 27.9. The van der Waals surface area contributed by atoms with E-state index in [1.807, 2.05) is 81.9 Å². The molecule has 246 valence electrons. The maximum absolute atomic E-state index is 12.8. The van der Waals surface area contributed by atoms with Crippen molar-refractivity contribution in [3.05, 3.63) is 0 Å². The number of rotatable bonds is 9. The first kappa shape index (κ1) is 38.3. The fraction of sp³-hybridized carbons (Fsp3) is 0.806. The highest BCUT2D eigenvalue weighted by atomic mass is 16.6. The van der Waals surface area contributed by atoms with E-state index in [9.17, 15) is 19.2 Å². The van der Waals surface area contributed by atoms with Crippen LogP contribution in [0.3, 0.4) is 0 Å². The Balaban J connectivity index is 3.20. The molecule has 0 atom stereocenters. The molecule has 1 N–H and O–H groups in total. The van der Waals surface area contributed by atoms with Crippen molar-refractivity contribution in [2.75, 3.05) is 85.1 Å². The van der Waals surface area contributed by atoms with Crippen LogP contribution >= 0.6 is 0 Å². The second kappa shape index (κ2) is 17.5. The Kier molecular flexibility index (Phi) is 15.6. The van der Waals surface area contributed by atoms with Gasteiger partial charge in [0.15, 0.2) is 0 Å². The standard InChI is InChI=1S/C31H55N5O7/c1-11-12-32-25(37)21-33-13-15-34(22-26(38)41-29(2,3)4)17-19-36(24-28(40)43-31(8,9)10)20-18-35(16-14-33)23-27(39)42-30(5,6)7/h1H,12-24H2,2-10H3,(H,32,37). The quantitative estimate of drug-likeness (QED) is 0.229. The predicted octanol–water partition coefficient (Wildman–Crippen LogP) is 0.983. The van der Waals surface area contributed by atoms with Gasteiger partial charge in [-0.05, 0) is 62.3 Å². The third-order valence-electron chi connectivity index (χ3n) is 6.00. The van der Waals surface area contributed by atoms with E-state index in [0.29, 0.717) is 52.4 Å². The fourth-order valence-corrected chi connectivity index (χ4v) is 4.29. The van der Waals surface area contributed by atoms with Crippen molar-refractivity contribution >= 4 is 23.8 Å². The molecule has 1 fully saturated rings.